The van der Waals surface area contributed by atoms with Gasteiger partial charge in [0, 0.05) is 0 Å². The lowest BCUT2D eigenvalue weighted by Crippen LogP contribution is -2.32. The Kier molecular flexibility index (Phi) is 4.42. The summed E-state index contributed by atoms with van der Waals surface area (Å²) < 4.78 is 0. The van der Waals surface area contributed by atoms with E-state index in [2.05, 4.69) is 11.9 Å². The molecule has 0 aliphatic heterocycles. The first-order valence-corrected chi connectivity index (χ1v) is 4.95. The van der Waals surface area contributed by atoms with E-state index in [4.69, 9.17) is 10.2 Å². The van der Waals surface area contributed by atoms with Crippen molar-refractivity contribution in [1.82, 2.24) is 5.32 Å². The van der Waals surface area contributed by atoms with E-state index in [9.17, 15) is 9.59 Å². The second-order valence-electron chi connectivity index (χ2n) is 3.42. The summed E-state index contributed by atoms with van der Waals surface area (Å²) >= 11 is 0. The number of carbonyl (C=O) groups is 2. The molecule has 0 saturated heterocycles. The molecule has 5 nitrogen and oxygen atoms in total. The molecule has 0 spiro atoms. The molecule has 1 unspecified atom stereocenters. The van der Waals surface area contributed by atoms with Gasteiger partial charge in [-0.05, 0) is 11.1 Å². The van der Waals surface area contributed by atoms with Crippen LogP contribution in [0.4, 0.5) is 0 Å². The monoisotopic (exact) mass is 235 g/mol. The molecule has 0 aromatic heterocycles. The average Bonchev–Trinajstić information content (AvgIpc) is 2.29. The van der Waals surface area contributed by atoms with Crippen LogP contribution in [0, 0.1) is 0 Å². The molecule has 0 bridgehead atoms. The SMILES string of the molecule is C=Cc1ccc(C(NCC(=O)O)C(=O)O)cc1. The van der Waals surface area contributed by atoms with Gasteiger partial charge in [0.15, 0.2) is 0 Å². The molecule has 0 saturated carbocycles. The van der Waals surface area contributed by atoms with E-state index in [-0.39, 0.29) is 0 Å². The number of carboxylic acids is 2. The molecule has 0 aliphatic carbocycles. The van der Waals surface area contributed by atoms with E-state index >= 15 is 0 Å². The fraction of sp³-hybridized carbons (Fsp3) is 0.167. The van der Waals surface area contributed by atoms with E-state index in [1.807, 2.05) is 0 Å². The molecule has 3 N–H and O–H groups in total. The van der Waals surface area contributed by atoms with Gasteiger partial charge in [-0.15, -0.1) is 0 Å². The van der Waals surface area contributed by atoms with Crippen LogP contribution >= 0.6 is 0 Å². The molecule has 90 valence electrons. The van der Waals surface area contributed by atoms with Crippen LogP contribution < -0.4 is 5.32 Å². The normalized spacial score (nSPS) is 11.8. The highest BCUT2D eigenvalue weighted by Gasteiger charge is 2.19. The number of nitrogens with one attached hydrogen (secondary N) is 1. The molecule has 0 radical (unpaired) electrons. The molecule has 1 rings (SSSR count). The average molecular weight is 235 g/mol. The van der Waals surface area contributed by atoms with E-state index in [0.29, 0.717) is 5.56 Å². The lowest BCUT2D eigenvalue weighted by atomic mass is 10.0. The van der Waals surface area contributed by atoms with Crippen molar-refractivity contribution in [3.05, 3.63) is 42.0 Å². The number of hydrogen-bond donors (Lipinski definition) is 3. The highest BCUT2D eigenvalue weighted by Crippen LogP contribution is 2.14. The molecule has 1 aromatic rings. The first kappa shape index (κ1) is 12.9. The summed E-state index contributed by atoms with van der Waals surface area (Å²) in [6, 6.07) is 5.68. The maximum Gasteiger partial charge on any atom is 0.325 e. The Morgan fingerprint density at radius 1 is 1.29 bits per heavy atom. The van der Waals surface area contributed by atoms with Gasteiger partial charge in [0.25, 0.3) is 0 Å². The number of rotatable bonds is 6. The maximum absolute atomic E-state index is 11.0. The van der Waals surface area contributed by atoms with Crippen molar-refractivity contribution in [3.8, 4) is 0 Å². The fourth-order valence-corrected chi connectivity index (χ4v) is 1.36. The largest absolute Gasteiger partial charge is 0.480 e. The van der Waals surface area contributed by atoms with Crippen LogP contribution in [0.25, 0.3) is 6.08 Å². The van der Waals surface area contributed by atoms with E-state index in [0.717, 1.165) is 5.56 Å². The third-order valence-corrected chi connectivity index (χ3v) is 2.21. The van der Waals surface area contributed by atoms with Gasteiger partial charge in [-0.1, -0.05) is 36.9 Å². The first-order chi connectivity index (χ1) is 8.04. The van der Waals surface area contributed by atoms with Crippen molar-refractivity contribution < 1.29 is 19.8 Å². The second kappa shape index (κ2) is 5.81. The molecule has 0 fully saturated rings. The van der Waals surface area contributed by atoms with Crippen LogP contribution in [-0.2, 0) is 9.59 Å². The van der Waals surface area contributed by atoms with Crippen molar-refractivity contribution in [2.45, 2.75) is 6.04 Å². The summed E-state index contributed by atoms with van der Waals surface area (Å²) in [7, 11) is 0. The molecule has 0 aliphatic rings. The van der Waals surface area contributed by atoms with Crippen LogP contribution in [-0.4, -0.2) is 28.7 Å². The topological polar surface area (TPSA) is 86.6 Å². The lowest BCUT2D eigenvalue weighted by molar-refractivity contribution is -0.140. The van der Waals surface area contributed by atoms with Gasteiger partial charge in [0.05, 0.1) is 6.54 Å². The van der Waals surface area contributed by atoms with Gasteiger partial charge < -0.3 is 10.2 Å². The van der Waals surface area contributed by atoms with Gasteiger partial charge in [-0.3, -0.25) is 14.9 Å². The van der Waals surface area contributed by atoms with Crippen LogP contribution in [0.3, 0.4) is 0 Å². The summed E-state index contributed by atoms with van der Waals surface area (Å²) in [4.78, 5) is 21.4. The van der Waals surface area contributed by atoms with Crippen LogP contribution in [0.15, 0.2) is 30.8 Å². The van der Waals surface area contributed by atoms with Crippen molar-refractivity contribution in [2.75, 3.05) is 6.54 Å². The zero-order valence-electron chi connectivity index (χ0n) is 9.09. The molecule has 0 amide bonds. The van der Waals surface area contributed by atoms with Crippen molar-refractivity contribution in [3.63, 3.8) is 0 Å². The standard InChI is InChI=1S/C12H13NO4/c1-2-8-3-5-9(6-4-8)11(12(16)17)13-7-10(14)15/h2-6,11,13H,1,7H2,(H,14,15)(H,16,17). The molecular weight excluding hydrogens is 222 g/mol. The van der Waals surface area contributed by atoms with E-state index in [1.165, 1.54) is 0 Å². The van der Waals surface area contributed by atoms with Gasteiger partial charge in [0.2, 0.25) is 0 Å². The predicted octanol–water partition coefficient (Wildman–Crippen LogP) is 1.13. The highest BCUT2D eigenvalue weighted by atomic mass is 16.4. The summed E-state index contributed by atoms with van der Waals surface area (Å²) in [5.74, 6) is -2.21. The third-order valence-electron chi connectivity index (χ3n) is 2.21. The Labute approximate surface area is 98.4 Å². The predicted molar refractivity (Wildman–Crippen MR) is 62.5 cm³/mol. The van der Waals surface area contributed by atoms with Gasteiger partial charge in [-0.2, -0.15) is 0 Å². The Hall–Kier alpha value is -2.14. The molecule has 5 heteroatoms. The minimum atomic E-state index is -1.11. The second-order valence-corrected chi connectivity index (χ2v) is 3.42. The van der Waals surface area contributed by atoms with Crippen LogP contribution in [0.2, 0.25) is 0 Å². The number of hydrogen-bond acceptors (Lipinski definition) is 3. The summed E-state index contributed by atoms with van der Waals surface area (Å²) in [5, 5.41) is 19.9. The van der Waals surface area contributed by atoms with Crippen LogP contribution in [0.5, 0.6) is 0 Å². The smallest absolute Gasteiger partial charge is 0.325 e. The van der Waals surface area contributed by atoms with Crippen LogP contribution in [0.1, 0.15) is 17.2 Å². The molecule has 0 heterocycles. The molecule has 17 heavy (non-hydrogen) atoms. The van der Waals surface area contributed by atoms with Crippen molar-refractivity contribution in [1.29, 1.82) is 0 Å². The highest BCUT2D eigenvalue weighted by molar-refractivity contribution is 5.77. The summed E-state index contributed by atoms with van der Waals surface area (Å²) in [6.07, 6.45) is 1.64. The Morgan fingerprint density at radius 3 is 2.29 bits per heavy atom. The first-order valence-electron chi connectivity index (χ1n) is 4.95. The maximum atomic E-state index is 11.0. The van der Waals surface area contributed by atoms with E-state index in [1.54, 1.807) is 30.3 Å². The molecular formula is C12H13NO4. The zero-order valence-corrected chi connectivity index (χ0v) is 9.09. The number of carboxylic acid groups (broad SMARTS) is 2. The fourth-order valence-electron chi connectivity index (χ4n) is 1.36. The van der Waals surface area contributed by atoms with Gasteiger partial charge in [-0.25, -0.2) is 0 Å². The zero-order chi connectivity index (χ0) is 12.8. The van der Waals surface area contributed by atoms with Crippen molar-refractivity contribution in [2.24, 2.45) is 0 Å². The number of aliphatic carboxylic acids is 2. The quantitative estimate of drug-likeness (QED) is 0.688. The van der Waals surface area contributed by atoms with Crippen molar-refractivity contribution >= 4 is 18.0 Å². The Balaban J connectivity index is 2.85. The molecule has 1 aromatic carbocycles. The summed E-state index contributed by atoms with van der Waals surface area (Å²) in [6.45, 7) is 3.19. The Bertz CT molecular complexity index is 425. The molecule has 1 atom stereocenters. The lowest BCUT2D eigenvalue weighted by Gasteiger charge is -2.13. The number of benzene rings is 1. The third kappa shape index (κ3) is 3.73. The minimum Gasteiger partial charge on any atom is -0.480 e. The van der Waals surface area contributed by atoms with Gasteiger partial charge in [0.1, 0.15) is 6.04 Å². The van der Waals surface area contributed by atoms with Gasteiger partial charge >= 0.3 is 11.9 Å². The Morgan fingerprint density at radius 2 is 1.88 bits per heavy atom. The minimum absolute atomic E-state index is 0.403. The van der Waals surface area contributed by atoms with E-state index < -0.39 is 24.5 Å². The summed E-state index contributed by atoms with van der Waals surface area (Å²) in [5.41, 5.74) is 1.38.